The van der Waals surface area contributed by atoms with Crippen molar-refractivity contribution in [3.8, 4) is 0 Å². The molecule has 0 aliphatic carbocycles. The van der Waals surface area contributed by atoms with E-state index in [2.05, 4.69) is 20.6 Å². The number of sulfonamides is 1. The number of hydrazine groups is 1. The maximum absolute atomic E-state index is 12.0. The Kier molecular flexibility index (Phi) is 7.40. The largest absolute Gasteiger partial charge is 0.272 e. The van der Waals surface area contributed by atoms with Crippen molar-refractivity contribution in [2.75, 3.05) is 12.8 Å². The van der Waals surface area contributed by atoms with Gasteiger partial charge in [-0.25, -0.2) is 13.1 Å². The molecule has 0 aliphatic heterocycles. The molecule has 2 amide bonds. The minimum Gasteiger partial charge on any atom is -0.272 e. The second kappa shape index (κ2) is 10.2. The molecule has 10 heteroatoms. The van der Waals surface area contributed by atoms with E-state index in [1.165, 1.54) is 43.1 Å². The number of para-hydroxylation sites is 1. The highest BCUT2D eigenvalue weighted by Gasteiger charge is 2.10. The van der Waals surface area contributed by atoms with Crippen LogP contribution in [0.2, 0.25) is 0 Å². The van der Waals surface area contributed by atoms with E-state index in [4.69, 9.17) is 0 Å². The summed E-state index contributed by atoms with van der Waals surface area (Å²) in [7, 11) is -2.18. The van der Waals surface area contributed by atoms with Crippen LogP contribution in [0.4, 0.5) is 0 Å². The zero-order valence-corrected chi connectivity index (χ0v) is 18.2. The standard InChI is InChI=1S/C21H20N4O4S2/c1-22-31(28,29)17-10-7-15(8-11-17)9-12-19(26)24-25-20(27)14-30-18-6-2-4-16-5-3-13-23-21(16)18/h2-13,22H,14H2,1H3,(H,24,26)(H,25,27). The van der Waals surface area contributed by atoms with E-state index in [-0.39, 0.29) is 16.6 Å². The Morgan fingerprint density at radius 2 is 1.77 bits per heavy atom. The van der Waals surface area contributed by atoms with Gasteiger partial charge in [0.15, 0.2) is 0 Å². The molecule has 0 spiro atoms. The summed E-state index contributed by atoms with van der Waals surface area (Å²) in [6, 6.07) is 15.6. The molecule has 0 radical (unpaired) electrons. The summed E-state index contributed by atoms with van der Waals surface area (Å²) < 4.78 is 25.6. The van der Waals surface area contributed by atoms with Crippen LogP contribution in [0.1, 0.15) is 5.56 Å². The van der Waals surface area contributed by atoms with Gasteiger partial charge in [0, 0.05) is 22.6 Å². The fourth-order valence-electron chi connectivity index (χ4n) is 2.59. The Bertz CT molecular complexity index is 1220. The molecule has 31 heavy (non-hydrogen) atoms. The number of aromatic nitrogens is 1. The van der Waals surface area contributed by atoms with E-state index in [0.29, 0.717) is 5.56 Å². The summed E-state index contributed by atoms with van der Waals surface area (Å²) in [5.41, 5.74) is 6.12. The van der Waals surface area contributed by atoms with Crippen molar-refractivity contribution in [2.24, 2.45) is 0 Å². The monoisotopic (exact) mass is 456 g/mol. The van der Waals surface area contributed by atoms with Gasteiger partial charge in [-0.2, -0.15) is 0 Å². The molecule has 3 aromatic rings. The number of hydrogen-bond donors (Lipinski definition) is 3. The van der Waals surface area contributed by atoms with Crippen molar-refractivity contribution in [3.63, 3.8) is 0 Å². The number of hydrogen-bond acceptors (Lipinski definition) is 6. The van der Waals surface area contributed by atoms with E-state index in [1.807, 2.05) is 30.3 Å². The predicted molar refractivity (Wildman–Crippen MR) is 120 cm³/mol. The van der Waals surface area contributed by atoms with Gasteiger partial charge in [0.05, 0.1) is 16.2 Å². The number of benzene rings is 2. The maximum atomic E-state index is 12.0. The zero-order chi connectivity index (χ0) is 22.3. The first kappa shape index (κ1) is 22.5. The number of nitrogens with one attached hydrogen (secondary N) is 3. The minimum absolute atomic E-state index is 0.112. The van der Waals surface area contributed by atoms with Crippen LogP contribution >= 0.6 is 11.8 Å². The van der Waals surface area contributed by atoms with Gasteiger partial charge in [0.1, 0.15) is 0 Å². The van der Waals surface area contributed by atoms with E-state index < -0.39 is 15.9 Å². The van der Waals surface area contributed by atoms with Crippen LogP contribution in [0.25, 0.3) is 17.0 Å². The number of thioether (sulfide) groups is 1. The average molecular weight is 457 g/mol. The summed E-state index contributed by atoms with van der Waals surface area (Å²) in [4.78, 5) is 29.3. The van der Waals surface area contributed by atoms with Crippen LogP contribution in [0.5, 0.6) is 0 Å². The first-order chi connectivity index (χ1) is 14.9. The predicted octanol–water partition coefficient (Wildman–Crippen LogP) is 2.10. The van der Waals surface area contributed by atoms with Crippen LogP contribution in [0, 0.1) is 0 Å². The summed E-state index contributed by atoms with van der Waals surface area (Å²) in [5.74, 6) is -0.764. The Balaban J connectivity index is 1.48. The summed E-state index contributed by atoms with van der Waals surface area (Å²) in [6.45, 7) is 0. The van der Waals surface area contributed by atoms with Crippen molar-refractivity contribution in [1.82, 2.24) is 20.6 Å². The summed E-state index contributed by atoms with van der Waals surface area (Å²) >= 11 is 1.33. The SMILES string of the molecule is CNS(=O)(=O)c1ccc(C=CC(=O)NNC(=O)CSc2cccc3cccnc23)cc1. The molecular weight excluding hydrogens is 436 g/mol. The molecule has 0 atom stereocenters. The van der Waals surface area contributed by atoms with Gasteiger partial charge < -0.3 is 0 Å². The second-order valence-corrected chi connectivity index (χ2v) is 9.17. The third kappa shape index (κ3) is 6.14. The lowest BCUT2D eigenvalue weighted by molar-refractivity contribution is -0.125. The fourth-order valence-corrected chi connectivity index (χ4v) is 4.16. The zero-order valence-electron chi connectivity index (χ0n) is 16.5. The lowest BCUT2D eigenvalue weighted by Crippen LogP contribution is -2.41. The summed E-state index contributed by atoms with van der Waals surface area (Å²) in [6.07, 6.45) is 4.45. The van der Waals surface area contributed by atoms with Gasteiger partial charge in [-0.1, -0.05) is 30.3 Å². The molecule has 0 saturated carbocycles. The maximum Gasteiger partial charge on any atom is 0.262 e. The highest BCUT2D eigenvalue weighted by Crippen LogP contribution is 2.25. The van der Waals surface area contributed by atoms with E-state index >= 15 is 0 Å². The third-order valence-corrected chi connectivity index (χ3v) is 6.64. The van der Waals surface area contributed by atoms with Gasteiger partial charge in [-0.3, -0.25) is 25.4 Å². The molecule has 3 N–H and O–H groups in total. The molecule has 1 aromatic heterocycles. The van der Waals surface area contributed by atoms with Crippen molar-refractivity contribution in [1.29, 1.82) is 0 Å². The number of pyridine rings is 1. The fraction of sp³-hybridized carbons (Fsp3) is 0.0952. The molecule has 3 rings (SSSR count). The van der Waals surface area contributed by atoms with Gasteiger partial charge in [-0.05, 0) is 43.0 Å². The van der Waals surface area contributed by atoms with Crippen LogP contribution in [0.3, 0.4) is 0 Å². The van der Waals surface area contributed by atoms with Crippen molar-refractivity contribution < 1.29 is 18.0 Å². The third-order valence-electron chi connectivity index (χ3n) is 4.17. The van der Waals surface area contributed by atoms with Crippen molar-refractivity contribution >= 4 is 50.6 Å². The van der Waals surface area contributed by atoms with Crippen LogP contribution in [0.15, 0.2) is 76.7 Å². The van der Waals surface area contributed by atoms with Crippen molar-refractivity contribution in [3.05, 3.63) is 72.4 Å². The number of amides is 2. The van der Waals surface area contributed by atoms with Crippen molar-refractivity contribution in [2.45, 2.75) is 9.79 Å². The number of fused-ring (bicyclic) bond motifs is 1. The van der Waals surface area contributed by atoms with Crippen LogP contribution < -0.4 is 15.6 Å². The smallest absolute Gasteiger partial charge is 0.262 e. The van der Waals surface area contributed by atoms with Gasteiger partial charge >= 0.3 is 0 Å². The minimum atomic E-state index is -3.51. The molecule has 2 aromatic carbocycles. The average Bonchev–Trinajstić information content (AvgIpc) is 2.80. The lowest BCUT2D eigenvalue weighted by Gasteiger charge is -2.07. The van der Waals surface area contributed by atoms with Crippen LogP contribution in [-0.2, 0) is 19.6 Å². The molecule has 0 bridgehead atoms. The molecular formula is C21H20N4O4S2. The number of carbonyl (C=O) groups is 2. The second-order valence-electron chi connectivity index (χ2n) is 6.27. The molecule has 8 nitrogen and oxygen atoms in total. The lowest BCUT2D eigenvalue weighted by atomic mass is 10.2. The molecule has 0 aliphatic rings. The first-order valence-corrected chi connectivity index (χ1v) is 11.6. The van der Waals surface area contributed by atoms with Gasteiger partial charge in [-0.15, -0.1) is 11.8 Å². The quantitative estimate of drug-likeness (QED) is 0.285. The van der Waals surface area contributed by atoms with E-state index in [9.17, 15) is 18.0 Å². The van der Waals surface area contributed by atoms with Gasteiger partial charge in [0.2, 0.25) is 15.9 Å². The normalized spacial score (nSPS) is 11.5. The Morgan fingerprint density at radius 3 is 2.52 bits per heavy atom. The van der Waals surface area contributed by atoms with E-state index in [1.54, 1.807) is 18.3 Å². The van der Waals surface area contributed by atoms with Crippen LogP contribution in [-0.4, -0.2) is 38.0 Å². The van der Waals surface area contributed by atoms with Gasteiger partial charge in [0.25, 0.3) is 5.91 Å². The Hall–Kier alpha value is -3.21. The summed E-state index contributed by atoms with van der Waals surface area (Å²) in [5, 5.41) is 0.989. The highest BCUT2D eigenvalue weighted by atomic mass is 32.2. The molecule has 160 valence electrons. The molecule has 1 heterocycles. The Morgan fingerprint density at radius 1 is 1.03 bits per heavy atom. The molecule has 0 fully saturated rings. The topological polar surface area (TPSA) is 117 Å². The van der Waals surface area contributed by atoms with E-state index in [0.717, 1.165) is 15.8 Å². The molecule has 0 saturated heterocycles. The number of rotatable bonds is 7. The Labute approximate surface area is 184 Å². The number of carbonyl (C=O) groups excluding carboxylic acids is 2. The molecule has 0 unspecified atom stereocenters. The first-order valence-electron chi connectivity index (χ1n) is 9.16. The highest BCUT2D eigenvalue weighted by molar-refractivity contribution is 8.00. The number of nitrogens with zero attached hydrogens (tertiary/aromatic N) is 1.